The number of rotatable bonds is 6. The van der Waals surface area contributed by atoms with Crippen LogP contribution in [-0.4, -0.2) is 25.6 Å². The van der Waals surface area contributed by atoms with E-state index < -0.39 is 10.0 Å². The largest absolute Gasteiger partial charge is 0.495 e. The number of aliphatic hydroxyl groups excluding tert-OH is 1. The molecule has 6 nitrogen and oxygen atoms in total. The molecule has 0 saturated carbocycles. The molecular weight excluding hydrogens is 312 g/mol. The monoisotopic (exact) mass is 328 g/mol. The van der Waals surface area contributed by atoms with Gasteiger partial charge in [0.15, 0.2) is 0 Å². The third-order valence-electron chi connectivity index (χ3n) is 2.78. The molecule has 0 saturated heterocycles. The molecule has 114 valence electrons. The molecule has 2 rings (SSSR count). The van der Waals surface area contributed by atoms with Gasteiger partial charge >= 0.3 is 0 Å². The molecule has 0 aliphatic carbocycles. The molecule has 0 amide bonds. The molecule has 21 heavy (non-hydrogen) atoms. The first-order valence-electron chi connectivity index (χ1n) is 6.15. The highest BCUT2D eigenvalue weighted by molar-refractivity contribution is 7.89. The molecule has 1 aromatic heterocycles. The summed E-state index contributed by atoms with van der Waals surface area (Å²) in [5, 5.41) is 9.77. The van der Waals surface area contributed by atoms with E-state index in [2.05, 4.69) is 9.71 Å². The third kappa shape index (κ3) is 3.79. The zero-order chi connectivity index (χ0) is 15.5. The van der Waals surface area contributed by atoms with Crippen LogP contribution < -0.4 is 9.46 Å². The number of aliphatic hydroxyl groups is 1. The fourth-order valence-electron chi connectivity index (χ4n) is 1.75. The first-order valence-corrected chi connectivity index (χ1v) is 8.45. The number of methoxy groups -OCH3 is 1. The third-order valence-corrected chi connectivity index (χ3v) is 5.14. The Hall–Kier alpha value is -1.48. The van der Waals surface area contributed by atoms with Gasteiger partial charge in [-0.3, -0.25) is 0 Å². The van der Waals surface area contributed by atoms with Crippen molar-refractivity contribution >= 4 is 21.4 Å². The van der Waals surface area contributed by atoms with Crippen molar-refractivity contribution in [1.29, 1.82) is 0 Å². The summed E-state index contributed by atoms with van der Waals surface area (Å²) in [4.78, 5) is 5.17. The zero-order valence-electron chi connectivity index (χ0n) is 11.7. The number of aromatic nitrogens is 1. The van der Waals surface area contributed by atoms with Gasteiger partial charge in [0.05, 0.1) is 20.3 Å². The van der Waals surface area contributed by atoms with Crippen LogP contribution in [0.25, 0.3) is 0 Å². The molecule has 8 heteroatoms. The molecule has 1 heterocycles. The summed E-state index contributed by atoms with van der Waals surface area (Å²) >= 11 is 1.44. The number of sulfonamides is 1. The van der Waals surface area contributed by atoms with Crippen LogP contribution in [0.2, 0.25) is 0 Å². The minimum absolute atomic E-state index is 0.0375. The van der Waals surface area contributed by atoms with E-state index in [1.807, 2.05) is 6.92 Å². The quantitative estimate of drug-likeness (QED) is 0.837. The average molecular weight is 328 g/mol. The lowest BCUT2D eigenvalue weighted by Crippen LogP contribution is -2.23. The Morgan fingerprint density at radius 3 is 2.76 bits per heavy atom. The SMILES string of the molecule is COc1cc(CO)ccc1S(=O)(=O)NCc1ncc(C)s1. The maximum atomic E-state index is 12.3. The highest BCUT2D eigenvalue weighted by atomic mass is 32.2. The molecule has 0 aliphatic heterocycles. The van der Waals surface area contributed by atoms with Gasteiger partial charge in [-0.25, -0.2) is 18.1 Å². The minimum atomic E-state index is -3.71. The number of nitrogens with one attached hydrogen (secondary N) is 1. The number of hydrogen-bond acceptors (Lipinski definition) is 6. The molecule has 0 unspecified atom stereocenters. The standard InChI is InChI=1S/C13H16N2O4S2/c1-9-6-14-13(20-9)7-15-21(17,18)12-4-3-10(8-16)5-11(12)19-2/h3-6,15-16H,7-8H2,1-2H3. The first kappa shape index (κ1) is 15.9. The predicted octanol–water partition coefficient (Wildman–Crippen LogP) is 1.43. The fourth-order valence-corrected chi connectivity index (χ4v) is 3.70. The van der Waals surface area contributed by atoms with Gasteiger partial charge in [-0.15, -0.1) is 11.3 Å². The van der Waals surface area contributed by atoms with Crippen LogP contribution in [0.3, 0.4) is 0 Å². The van der Waals surface area contributed by atoms with Crippen LogP contribution in [0.15, 0.2) is 29.3 Å². The van der Waals surface area contributed by atoms with E-state index in [-0.39, 0.29) is 23.8 Å². The Balaban J connectivity index is 2.22. The van der Waals surface area contributed by atoms with Gasteiger partial charge in [0.2, 0.25) is 10.0 Å². The van der Waals surface area contributed by atoms with Crippen LogP contribution in [0, 0.1) is 6.92 Å². The maximum Gasteiger partial charge on any atom is 0.244 e. The van der Waals surface area contributed by atoms with Crippen molar-refractivity contribution in [3.8, 4) is 5.75 Å². The van der Waals surface area contributed by atoms with Crippen LogP contribution in [0.1, 0.15) is 15.4 Å². The van der Waals surface area contributed by atoms with Crippen molar-refractivity contribution < 1.29 is 18.3 Å². The molecule has 0 spiro atoms. The highest BCUT2D eigenvalue weighted by Crippen LogP contribution is 2.25. The molecule has 0 aliphatic rings. The van der Waals surface area contributed by atoms with E-state index in [0.717, 1.165) is 4.88 Å². The molecule has 0 radical (unpaired) electrons. The second-order valence-corrected chi connectivity index (χ2v) is 7.39. The van der Waals surface area contributed by atoms with Crippen LogP contribution in [-0.2, 0) is 23.2 Å². The minimum Gasteiger partial charge on any atom is -0.495 e. The molecule has 0 atom stereocenters. The topological polar surface area (TPSA) is 88.5 Å². The summed E-state index contributed by atoms with van der Waals surface area (Å²) in [6, 6.07) is 4.46. The van der Waals surface area contributed by atoms with Crippen molar-refractivity contribution in [1.82, 2.24) is 9.71 Å². The van der Waals surface area contributed by atoms with Gasteiger partial charge in [-0.1, -0.05) is 6.07 Å². The number of nitrogens with zero attached hydrogens (tertiary/aromatic N) is 1. The summed E-state index contributed by atoms with van der Waals surface area (Å²) in [6.07, 6.45) is 1.70. The summed E-state index contributed by atoms with van der Waals surface area (Å²) in [5.41, 5.74) is 0.585. The number of thiazole rings is 1. The lowest BCUT2D eigenvalue weighted by Gasteiger charge is -2.11. The maximum absolute atomic E-state index is 12.3. The Morgan fingerprint density at radius 2 is 2.19 bits per heavy atom. The normalized spacial score (nSPS) is 11.6. The second-order valence-electron chi connectivity index (χ2n) is 4.33. The number of ether oxygens (including phenoxy) is 1. The smallest absolute Gasteiger partial charge is 0.244 e. The van der Waals surface area contributed by atoms with Crippen LogP contribution >= 0.6 is 11.3 Å². The van der Waals surface area contributed by atoms with Gasteiger partial charge in [0, 0.05) is 11.1 Å². The van der Waals surface area contributed by atoms with Crippen LogP contribution in [0.4, 0.5) is 0 Å². The second kappa shape index (κ2) is 6.52. The van der Waals surface area contributed by atoms with Gasteiger partial charge in [0.25, 0.3) is 0 Å². The first-order chi connectivity index (χ1) is 9.96. The molecule has 1 aromatic carbocycles. The number of benzene rings is 1. The Bertz CT molecular complexity index is 726. The van der Waals surface area contributed by atoms with E-state index in [9.17, 15) is 8.42 Å². The summed E-state index contributed by atoms with van der Waals surface area (Å²) in [6.45, 7) is 1.86. The molecule has 0 fully saturated rings. The van der Waals surface area contributed by atoms with Crippen molar-refractivity contribution in [2.45, 2.75) is 25.0 Å². The number of hydrogen-bond donors (Lipinski definition) is 2. The van der Waals surface area contributed by atoms with E-state index >= 15 is 0 Å². The van der Waals surface area contributed by atoms with Gasteiger partial charge in [-0.05, 0) is 24.6 Å². The van der Waals surface area contributed by atoms with E-state index in [1.165, 1.54) is 30.6 Å². The Labute approximate surface area is 127 Å². The summed E-state index contributed by atoms with van der Waals surface area (Å²) in [5.74, 6) is 0.198. The van der Waals surface area contributed by atoms with Crippen LogP contribution in [0.5, 0.6) is 5.75 Å². The van der Waals surface area contributed by atoms with Gasteiger partial charge < -0.3 is 9.84 Å². The Kier molecular flexibility index (Phi) is 4.94. The fraction of sp³-hybridized carbons (Fsp3) is 0.308. The van der Waals surface area contributed by atoms with Crippen molar-refractivity contribution in [2.75, 3.05) is 7.11 Å². The molecular formula is C13H16N2O4S2. The van der Waals surface area contributed by atoms with E-state index in [0.29, 0.717) is 10.6 Å². The average Bonchev–Trinajstić information content (AvgIpc) is 2.90. The van der Waals surface area contributed by atoms with Crippen molar-refractivity contribution in [3.63, 3.8) is 0 Å². The van der Waals surface area contributed by atoms with Crippen molar-refractivity contribution in [3.05, 3.63) is 39.8 Å². The molecule has 2 N–H and O–H groups in total. The van der Waals surface area contributed by atoms with Gasteiger partial charge in [0.1, 0.15) is 15.7 Å². The van der Waals surface area contributed by atoms with E-state index in [1.54, 1.807) is 12.3 Å². The summed E-state index contributed by atoms with van der Waals surface area (Å²) in [7, 11) is -2.32. The predicted molar refractivity (Wildman–Crippen MR) is 79.8 cm³/mol. The molecule has 2 aromatic rings. The van der Waals surface area contributed by atoms with Gasteiger partial charge in [-0.2, -0.15) is 0 Å². The Morgan fingerprint density at radius 1 is 1.43 bits per heavy atom. The lowest BCUT2D eigenvalue weighted by molar-refractivity contribution is 0.280. The van der Waals surface area contributed by atoms with Crippen molar-refractivity contribution in [2.24, 2.45) is 0 Å². The zero-order valence-corrected chi connectivity index (χ0v) is 13.3. The highest BCUT2D eigenvalue weighted by Gasteiger charge is 2.20. The summed E-state index contributed by atoms with van der Waals surface area (Å²) < 4.78 is 32.2. The molecule has 0 bridgehead atoms. The van der Waals surface area contributed by atoms with E-state index in [4.69, 9.17) is 9.84 Å². The number of aryl methyl sites for hydroxylation is 1. The lowest BCUT2D eigenvalue weighted by atomic mass is 10.2.